The number of amides is 2. The van der Waals surface area contributed by atoms with Gasteiger partial charge in [0.1, 0.15) is 0 Å². The molecule has 94 valence electrons. The van der Waals surface area contributed by atoms with E-state index in [0.717, 1.165) is 16.1 Å². The number of thiazole rings is 1. The Labute approximate surface area is 110 Å². The Morgan fingerprint density at radius 3 is 2.61 bits per heavy atom. The Balaban J connectivity index is 2.03. The van der Waals surface area contributed by atoms with Crippen LogP contribution in [-0.4, -0.2) is 11.0 Å². The molecule has 0 bridgehead atoms. The van der Waals surface area contributed by atoms with Crippen molar-refractivity contribution in [2.45, 2.75) is 20.8 Å². The second-order valence-corrected chi connectivity index (χ2v) is 5.41. The Hall–Kier alpha value is -1.88. The van der Waals surface area contributed by atoms with E-state index in [9.17, 15) is 4.79 Å². The van der Waals surface area contributed by atoms with Crippen LogP contribution in [0.2, 0.25) is 0 Å². The molecule has 0 spiro atoms. The van der Waals surface area contributed by atoms with Gasteiger partial charge >= 0.3 is 6.03 Å². The summed E-state index contributed by atoms with van der Waals surface area (Å²) in [7, 11) is 0. The molecule has 0 saturated carbocycles. The Morgan fingerprint density at radius 2 is 2.00 bits per heavy atom. The van der Waals surface area contributed by atoms with Crippen LogP contribution >= 0.6 is 11.3 Å². The number of nitrogens with zero attached hydrogens (tertiary/aromatic N) is 1. The second-order valence-electron chi connectivity index (χ2n) is 4.17. The maximum absolute atomic E-state index is 11.8. The molecule has 2 aromatic rings. The fraction of sp³-hybridized carbons (Fsp3) is 0.231. The van der Waals surface area contributed by atoms with Crippen molar-refractivity contribution in [3.05, 3.63) is 40.4 Å². The van der Waals surface area contributed by atoms with Gasteiger partial charge in [-0.3, -0.25) is 5.32 Å². The van der Waals surface area contributed by atoms with Crippen molar-refractivity contribution in [1.29, 1.82) is 0 Å². The Kier molecular flexibility index (Phi) is 3.62. The molecule has 0 aliphatic carbocycles. The Bertz CT molecular complexity index is 577. The maximum Gasteiger partial charge on any atom is 0.325 e. The molecule has 2 amide bonds. The van der Waals surface area contributed by atoms with Crippen LogP contribution in [0.25, 0.3) is 0 Å². The number of hydrogen-bond donors (Lipinski definition) is 2. The van der Waals surface area contributed by atoms with Crippen molar-refractivity contribution in [2.24, 2.45) is 0 Å². The van der Waals surface area contributed by atoms with Gasteiger partial charge in [0, 0.05) is 16.8 Å². The van der Waals surface area contributed by atoms with Crippen LogP contribution in [0.3, 0.4) is 0 Å². The summed E-state index contributed by atoms with van der Waals surface area (Å²) in [6.45, 7) is 5.94. The summed E-state index contributed by atoms with van der Waals surface area (Å²) >= 11 is 1.45. The summed E-state index contributed by atoms with van der Waals surface area (Å²) in [5.41, 5.74) is 3.03. The van der Waals surface area contributed by atoms with E-state index in [1.165, 1.54) is 16.9 Å². The average molecular weight is 261 g/mol. The van der Waals surface area contributed by atoms with E-state index in [0.29, 0.717) is 5.13 Å². The number of anilines is 2. The highest BCUT2D eigenvalue weighted by atomic mass is 32.1. The SMILES string of the molecule is Cc1ccc(NC(=O)Nc2ncc(C)s2)c(C)c1. The number of nitrogens with one attached hydrogen (secondary N) is 2. The molecule has 1 aromatic heterocycles. The molecule has 0 unspecified atom stereocenters. The summed E-state index contributed by atoms with van der Waals surface area (Å²) in [5.74, 6) is 0. The number of aromatic nitrogens is 1. The zero-order chi connectivity index (χ0) is 13.1. The standard InChI is InChI=1S/C13H15N3OS/c1-8-4-5-11(9(2)6-8)15-12(17)16-13-14-7-10(3)18-13/h4-7H,1-3H3,(H2,14,15,16,17). The summed E-state index contributed by atoms with van der Waals surface area (Å²) in [6, 6.07) is 5.63. The van der Waals surface area contributed by atoms with Crippen LogP contribution in [0, 0.1) is 20.8 Å². The number of rotatable bonds is 2. The highest BCUT2D eigenvalue weighted by molar-refractivity contribution is 7.15. The average Bonchev–Trinajstić information content (AvgIpc) is 2.68. The lowest BCUT2D eigenvalue weighted by Gasteiger charge is -2.08. The lowest BCUT2D eigenvalue weighted by atomic mass is 10.1. The quantitative estimate of drug-likeness (QED) is 0.865. The molecule has 0 atom stereocenters. The van der Waals surface area contributed by atoms with Crippen LogP contribution in [0.15, 0.2) is 24.4 Å². The van der Waals surface area contributed by atoms with Gasteiger partial charge in [0.05, 0.1) is 0 Å². The van der Waals surface area contributed by atoms with Gasteiger partial charge in [0.2, 0.25) is 0 Å². The molecular weight excluding hydrogens is 246 g/mol. The van der Waals surface area contributed by atoms with Crippen molar-refractivity contribution in [2.75, 3.05) is 10.6 Å². The second kappa shape index (κ2) is 5.18. The number of carbonyl (C=O) groups excluding carboxylic acids is 1. The third-order valence-electron chi connectivity index (χ3n) is 2.47. The predicted octanol–water partition coefficient (Wildman–Crippen LogP) is 3.71. The number of hydrogen-bond acceptors (Lipinski definition) is 3. The summed E-state index contributed by atoms with van der Waals surface area (Å²) in [6.07, 6.45) is 1.73. The van der Waals surface area contributed by atoms with E-state index in [2.05, 4.69) is 15.6 Å². The lowest BCUT2D eigenvalue weighted by Crippen LogP contribution is -2.19. The van der Waals surface area contributed by atoms with Crippen LogP contribution in [0.1, 0.15) is 16.0 Å². The molecule has 4 nitrogen and oxygen atoms in total. The zero-order valence-corrected chi connectivity index (χ0v) is 11.4. The van der Waals surface area contributed by atoms with Crippen molar-refractivity contribution < 1.29 is 4.79 Å². The molecule has 1 aromatic carbocycles. The summed E-state index contributed by atoms with van der Waals surface area (Å²) in [4.78, 5) is 16.9. The van der Waals surface area contributed by atoms with E-state index in [4.69, 9.17) is 0 Å². The van der Waals surface area contributed by atoms with Gasteiger partial charge in [-0.05, 0) is 32.4 Å². The largest absolute Gasteiger partial charge is 0.325 e. The van der Waals surface area contributed by atoms with Gasteiger partial charge in [-0.25, -0.2) is 9.78 Å². The van der Waals surface area contributed by atoms with Crippen molar-refractivity contribution in [3.63, 3.8) is 0 Å². The molecule has 2 N–H and O–H groups in total. The molecule has 0 aliphatic rings. The summed E-state index contributed by atoms with van der Waals surface area (Å²) in [5, 5.41) is 6.13. The fourth-order valence-electron chi connectivity index (χ4n) is 1.62. The lowest BCUT2D eigenvalue weighted by molar-refractivity contribution is 0.262. The molecule has 5 heteroatoms. The maximum atomic E-state index is 11.8. The van der Waals surface area contributed by atoms with E-state index >= 15 is 0 Å². The fourth-order valence-corrected chi connectivity index (χ4v) is 2.28. The molecule has 1 heterocycles. The minimum Gasteiger partial charge on any atom is -0.307 e. The molecule has 0 radical (unpaired) electrons. The minimum absolute atomic E-state index is 0.267. The van der Waals surface area contributed by atoms with E-state index < -0.39 is 0 Å². The van der Waals surface area contributed by atoms with Crippen LogP contribution in [0.5, 0.6) is 0 Å². The van der Waals surface area contributed by atoms with Gasteiger partial charge in [-0.1, -0.05) is 17.7 Å². The van der Waals surface area contributed by atoms with Crippen molar-refractivity contribution in [1.82, 2.24) is 4.98 Å². The first-order valence-electron chi connectivity index (χ1n) is 5.62. The topological polar surface area (TPSA) is 54.0 Å². The number of urea groups is 1. The van der Waals surface area contributed by atoms with Gasteiger partial charge in [-0.15, -0.1) is 11.3 Å². The number of aryl methyl sites for hydroxylation is 3. The first-order valence-corrected chi connectivity index (χ1v) is 6.44. The van der Waals surface area contributed by atoms with Crippen LogP contribution in [-0.2, 0) is 0 Å². The molecule has 2 rings (SSSR count). The predicted molar refractivity (Wildman–Crippen MR) is 75.4 cm³/mol. The van der Waals surface area contributed by atoms with Gasteiger partial charge in [0.25, 0.3) is 0 Å². The van der Waals surface area contributed by atoms with E-state index in [1.54, 1.807) is 6.20 Å². The first kappa shape index (κ1) is 12.6. The number of benzene rings is 1. The van der Waals surface area contributed by atoms with Gasteiger partial charge < -0.3 is 5.32 Å². The van der Waals surface area contributed by atoms with E-state index in [-0.39, 0.29) is 6.03 Å². The molecule has 0 saturated heterocycles. The monoisotopic (exact) mass is 261 g/mol. The highest BCUT2D eigenvalue weighted by Gasteiger charge is 2.06. The normalized spacial score (nSPS) is 10.2. The minimum atomic E-state index is -0.267. The molecule has 0 fully saturated rings. The highest BCUT2D eigenvalue weighted by Crippen LogP contribution is 2.18. The first-order chi connectivity index (χ1) is 8.54. The van der Waals surface area contributed by atoms with Crippen LogP contribution in [0.4, 0.5) is 15.6 Å². The van der Waals surface area contributed by atoms with Crippen molar-refractivity contribution >= 4 is 28.2 Å². The van der Waals surface area contributed by atoms with Gasteiger partial charge in [0.15, 0.2) is 5.13 Å². The Morgan fingerprint density at radius 1 is 1.22 bits per heavy atom. The van der Waals surface area contributed by atoms with E-state index in [1.807, 2.05) is 39.0 Å². The van der Waals surface area contributed by atoms with Gasteiger partial charge in [-0.2, -0.15) is 0 Å². The number of carbonyl (C=O) groups is 1. The zero-order valence-electron chi connectivity index (χ0n) is 10.6. The van der Waals surface area contributed by atoms with Crippen molar-refractivity contribution in [3.8, 4) is 0 Å². The third kappa shape index (κ3) is 3.07. The molecule has 18 heavy (non-hydrogen) atoms. The molecular formula is C13H15N3OS. The smallest absolute Gasteiger partial charge is 0.307 e. The summed E-state index contributed by atoms with van der Waals surface area (Å²) < 4.78 is 0. The van der Waals surface area contributed by atoms with Crippen LogP contribution < -0.4 is 10.6 Å². The molecule has 0 aliphatic heterocycles. The third-order valence-corrected chi connectivity index (χ3v) is 3.30.